The summed E-state index contributed by atoms with van der Waals surface area (Å²) < 4.78 is 0. The molecule has 0 aromatic rings. The van der Waals surface area contributed by atoms with Gasteiger partial charge in [0.25, 0.3) is 0 Å². The van der Waals surface area contributed by atoms with E-state index in [1.54, 1.807) is 0 Å². The molecule has 6 radical (unpaired) electrons. The van der Waals surface area contributed by atoms with Crippen molar-refractivity contribution in [3.8, 4) is 0 Å². The Morgan fingerprint density at radius 2 is 0.643 bits per heavy atom. The van der Waals surface area contributed by atoms with Gasteiger partial charge in [-0.25, -0.2) is 0 Å². The maximum atomic E-state index is 4.87. The van der Waals surface area contributed by atoms with Crippen LogP contribution in [-0.4, -0.2) is 16.8 Å². The van der Waals surface area contributed by atoms with Crippen LogP contribution in [0.1, 0.15) is 46.0 Å². The average Bonchev–Trinajstić information content (AvgIpc) is 0.811. The Bertz CT molecular complexity index is 39.1. The molecular formula is C6H28B2Cl3NaP2. The summed E-state index contributed by atoms with van der Waals surface area (Å²) in [5.41, 5.74) is 0. The van der Waals surface area contributed by atoms with E-state index >= 15 is 0 Å². The SMILES string of the molecule is C.C.C.C.C.C.ClP(Cl)Cl.[B].[B].[HH].[Na+].[PH2-]. The first-order valence-electron chi connectivity index (χ1n) is 0.507. The second kappa shape index (κ2) is 102. The largest absolute Gasteiger partial charge is 1.00 e. The number of halogens is 3. The Morgan fingerprint density at radius 1 is 0.643 bits per heavy atom. The van der Waals surface area contributed by atoms with Gasteiger partial charge >= 0.3 is 29.6 Å². The molecule has 0 aliphatic carbocycles. The van der Waals surface area contributed by atoms with Crippen LogP contribution in [0.5, 0.6) is 0 Å². The van der Waals surface area contributed by atoms with Crippen LogP contribution in [0.4, 0.5) is 0 Å². The fourth-order valence-electron chi connectivity index (χ4n) is 0. The molecule has 0 aromatic carbocycles. The molecule has 0 rings (SSSR count). The van der Waals surface area contributed by atoms with E-state index < -0.39 is 5.98 Å². The maximum absolute atomic E-state index is 4.87. The molecular weight excluding hydrogens is 285 g/mol. The van der Waals surface area contributed by atoms with Crippen LogP contribution < -0.4 is 29.6 Å². The minimum atomic E-state index is -1.20. The molecule has 0 atom stereocenters. The van der Waals surface area contributed by atoms with Crippen LogP contribution in [0.2, 0.25) is 0 Å². The summed E-state index contributed by atoms with van der Waals surface area (Å²) in [4.78, 5) is 0. The Kier molecular flexibility index (Phi) is 900. The normalized spacial score (nSPS) is 2.57. The Balaban J connectivity index is -0.000000000818. The van der Waals surface area contributed by atoms with Crippen molar-refractivity contribution in [1.82, 2.24) is 0 Å². The molecule has 8 heteroatoms. The van der Waals surface area contributed by atoms with E-state index in [-0.39, 0.29) is 102 Å². The average molecular weight is 313 g/mol. The predicted molar refractivity (Wildman–Crippen MR) is 88.2 cm³/mol. The third kappa shape index (κ3) is 349. The molecule has 0 saturated carbocycles. The first-order valence-corrected chi connectivity index (χ1v) is 4.56. The molecule has 0 nitrogen and oxygen atoms in total. The van der Waals surface area contributed by atoms with Crippen LogP contribution in [0, 0.1) is 0 Å². The molecule has 0 amide bonds. The van der Waals surface area contributed by atoms with E-state index in [4.69, 9.17) is 33.7 Å². The molecule has 0 N–H and O–H groups in total. The van der Waals surface area contributed by atoms with Gasteiger partial charge in [-0.2, -0.15) is 0 Å². The van der Waals surface area contributed by atoms with Gasteiger partial charge in [-0.1, -0.05) is 78.3 Å². The third-order valence-electron chi connectivity index (χ3n) is 0. The first kappa shape index (κ1) is 124. The van der Waals surface area contributed by atoms with Gasteiger partial charge < -0.3 is 9.90 Å². The van der Waals surface area contributed by atoms with Crippen LogP contribution >= 0.6 is 49.6 Å². The third-order valence-corrected chi connectivity index (χ3v) is 0. The molecule has 14 heavy (non-hydrogen) atoms. The van der Waals surface area contributed by atoms with Crippen molar-refractivity contribution in [2.24, 2.45) is 0 Å². The van der Waals surface area contributed by atoms with Gasteiger partial charge in [0.15, 0.2) is 5.98 Å². The molecule has 0 fully saturated rings. The quantitative estimate of drug-likeness (QED) is 0.474. The number of hydrogen-bond acceptors (Lipinski definition) is 0. The summed E-state index contributed by atoms with van der Waals surface area (Å²) >= 11 is 14.6. The maximum Gasteiger partial charge on any atom is 1.00 e. The molecule has 0 unspecified atom stereocenters. The van der Waals surface area contributed by atoms with Crippen molar-refractivity contribution in [3.05, 3.63) is 0 Å². The van der Waals surface area contributed by atoms with E-state index in [0.29, 0.717) is 0 Å². The summed E-state index contributed by atoms with van der Waals surface area (Å²) in [5.74, 6) is -1.20. The first-order chi connectivity index (χ1) is 1.73. The van der Waals surface area contributed by atoms with Crippen molar-refractivity contribution in [3.63, 3.8) is 0 Å². The molecule has 90 valence electrons. The standard InChI is InChI=1S/6CH4.2B.Cl3P.Na.H2P.H2/c;;;;;;;;1-4(2)3;;;/h6*1H4;;;;;1H2;1H/q;;;;;;;;;+1;-1;. The molecule has 0 saturated heterocycles. The van der Waals surface area contributed by atoms with Crippen molar-refractivity contribution in [2.45, 2.75) is 44.6 Å². The smallest absolute Gasteiger partial charge is 0.577 e. The molecule has 0 bridgehead atoms. The van der Waals surface area contributed by atoms with Crippen molar-refractivity contribution in [1.29, 1.82) is 0 Å². The summed E-state index contributed by atoms with van der Waals surface area (Å²) in [6.07, 6.45) is 0. The molecule has 0 aliphatic rings. The van der Waals surface area contributed by atoms with E-state index in [2.05, 4.69) is 0 Å². The molecule has 0 aliphatic heterocycles. The summed E-state index contributed by atoms with van der Waals surface area (Å²) in [6, 6.07) is 0. The second-order valence-corrected chi connectivity index (χ2v) is 5.17. The van der Waals surface area contributed by atoms with Gasteiger partial charge in [0.05, 0.1) is 0 Å². The van der Waals surface area contributed by atoms with Gasteiger partial charge in [-0.15, -0.1) is 0 Å². The van der Waals surface area contributed by atoms with Gasteiger partial charge in [0.2, 0.25) is 0 Å². The zero-order valence-corrected chi connectivity index (χ0v) is 10.6. The Labute approximate surface area is 141 Å². The molecule has 0 spiro atoms. The van der Waals surface area contributed by atoms with E-state index in [1.807, 2.05) is 0 Å². The Hall–Kier alpha value is 2.86. The van der Waals surface area contributed by atoms with Gasteiger partial charge in [0.1, 0.15) is 0 Å². The fraction of sp³-hybridized carbons (Fsp3) is 1.00. The van der Waals surface area contributed by atoms with E-state index in [0.717, 1.165) is 0 Å². The van der Waals surface area contributed by atoms with Crippen molar-refractivity contribution < 1.29 is 31.0 Å². The van der Waals surface area contributed by atoms with Crippen molar-refractivity contribution >= 4 is 66.4 Å². The second-order valence-electron chi connectivity index (χ2n) is 0.192. The minimum absolute atomic E-state index is 0. The number of rotatable bonds is 0. The van der Waals surface area contributed by atoms with Crippen molar-refractivity contribution in [2.75, 3.05) is 0 Å². The monoisotopic (exact) mass is 312 g/mol. The summed E-state index contributed by atoms with van der Waals surface area (Å²) in [6.45, 7) is 0. The zero-order valence-electron chi connectivity index (χ0n) is 4.31. The topological polar surface area (TPSA) is 0 Å². The number of hydrogen-bond donors (Lipinski definition) is 0. The van der Waals surface area contributed by atoms with Crippen LogP contribution in [0.25, 0.3) is 0 Å². The van der Waals surface area contributed by atoms with Crippen LogP contribution in [0.3, 0.4) is 0 Å². The zero-order chi connectivity index (χ0) is 3.58. The molecule has 0 heterocycles. The predicted octanol–water partition coefficient (Wildman–Crippen LogP) is 3.56. The van der Waals surface area contributed by atoms with Gasteiger partial charge in [0, 0.05) is 18.3 Å². The van der Waals surface area contributed by atoms with Gasteiger partial charge in [-0.05, 0) is 0 Å². The summed E-state index contributed by atoms with van der Waals surface area (Å²) in [7, 11) is 0. The van der Waals surface area contributed by atoms with Crippen LogP contribution in [-0.2, 0) is 0 Å². The fourth-order valence-corrected chi connectivity index (χ4v) is 0. The van der Waals surface area contributed by atoms with Crippen LogP contribution in [0.15, 0.2) is 0 Å². The molecule has 0 aromatic heterocycles. The summed E-state index contributed by atoms with van der Waals surface area (Å²) in [5, 5.41) is 0. The Morgan fingerprint density at radius 3 is 0.643 bits per heavy atom. The van der Waals surface area contributed by atoms with Gasteiger partial charge in [-0.3, -0.25) is 0 Å². The van der Waals surface area contributed by atoms with E-state index in [9.17, 15) is 0 Å². The van der Waals surface area contributed by atoms with E-state index in [1.165, 1.54) is 0 Å². The minimum Gasteiger partial charge on any atom is -0.577 e.